The van der Waals surface area contributed by atoms with Gasteiger partial charge in [-0.1, -0.05) is 0 Å². The molecule has 0 aliphatic rings. The molecule has 0 radical (unpaired) electrons. The maximum absolute atomic E-state index is 12.0. The van der Waals surface area contributed by atoms with Crippen LogP contribution in [0.4, 0.5) is 5.69 Å². The summed E-state index contributed by atoms with van der Waals surface area (Å²) in [5, 5.41) is 0. The Kier molecular flexibility index (Phi) is 3.71. The zero-order chi connectivity index (χ0) is 14.8. The third-order valence-corrected chi connectivity index (χ3v) is 3.99. The van der Waals surface area contributed by atoms with Crippen LogP contribution in [-0.2, 0) is 10.0 Å². The Labute approximate surface area is 115 Å². The van der Waals surface area contributed by atoms with Crippen molar-refractivity contribution in [2.75, 3.05) is 4.72 Å². The van der Waals surface area contributed by atoms with E-state index in [9.17, 15) is 18.0 Å². The molecule has 0 bridgehead atoms. The average molecular weight is 292 g/mol. The molecule has 0 aliphatic carbocycles. The highest BCUT2D eigenvalue weighted by Gasteiger charge is 2.14. The summed E-state index contributed by atoms with van der Waals surface area (Å²) >= 11 is 0. The minimum Gasteiger partial charge on any atom is -0.328 e. The van der Waals surface area contributed by atoms with Crippen LogP contribution in [0.3, 0.4) is 0 Å². The quantitative estimate of drug-likeness (QED) is 0.832. The third kappa shape index (κ3) is 3.12. The highest BCUT2D eigenvalue weighted by molar-refractivity contribution is 7.92. The lowest BCUT2D eigenvalue weighted by Crippen LogP contribution is -2.15. The topological polar surface area (TPSA) is 96.1 Å². The van der Waals surface area contributed by atoms with Gasteiger partial charge in [-0.05, 0) is 37.3 Å². The Hall–Kier alpha value is -2.41. The van der Waals surface area contributed by atoms with Crippen molar-refractivity contribution >= 4 is 21.5 Å². The number of aromatic nitrogens is 1. The van der Waals surface area contributed by atoms with Gasteiger partial charge in [-0.15, -0.1) is 0 Å². The van der Waals surface area contributed by atoms with E-state index in [0.29, 0.717) is 11.3 Å². The lowest BCUT2D eigenvalue weighted by atomic mass is 10.1. The fourth-order valence-electron chi connectivity index (χ4n) is 1.55. The molecule has 0 atom stereocenters. The van der Waals surface area contributed by atoms with Gasteiger partial charge in [-0.3, -0.25) is 14.3 Å². The minimum absolute atomic E-state index is 0.0484. The lowest BCUT2D eigenvalue weighted by molar-refractivity contribution is 0.101. The van der Waals surface area contributed by atoms with Crippen LogP contribution < -0.4 is 10.3 Å². The van der Waals surface area contributed by atoms with Crippen molar-refractivity contribution < 1.29 is 13.2 Å². The van der Waals surface area contributed by atoms with Crippen LogP contribution in [0.5, 0.6) is 0 Å². The standard InChI is InChI=1S/C13H12N2O4S/c1-9(16)10-2-4-11(5-3-10)15-20(18,19)12-6-7-13(17)14-8-12/h2-8,15H,1H3,(H,14,17). The Bertz CT molecular complexity index is 771. The van der Waals surface area contributed by atoms with Gasteiger partial charge in [-0.25, -0.2) is 8.42 Å². The van der Waals surface area contributed by atoms with Crippen LogP contribution in [0.2, 0.25) is 0 Å². The van der Waals surface area contributed by atoms with E-state index in [1.54, 1.807) is 0 Å². The summed E-state index contributed by atoms with van der Waals surface area (Å²) in [7, 11) is -3.77. The number of aromatic amines is 1. The van der Waals surface area contributed by atoms with Gasteiger partial charge in [0.2, 0.25) is 5.56 Å². The SMILES string of the molecule is CC(=O)c1ccc(NS(=O)(=O)c2ccc(=O)[nH]c2)cc1. The number of nitrogens with one attached hydrogen (secondary N) is 2. The maximum Gasteiger partial charge on any atom is 0.263 e. The van der Waals surface area contributed by atoms with Crippen LogP contribution in [0, 0.1) is 0 Å². The molecule has 2 rings (SSSR count). The first-order valence-corrected chi connectivity index (χ1v) is 7.19. The largest absolute Gasteiger partial charge is 0.328 e. The molecule has 1 aromatic carbocycles. The summed E-state index contributed by atoms with van der Waals surface area (Å²) in [6.07, 6.45) is 1.12. The second kappa shape index (κ2) is 5.30. The molecule has 2 N–H and O–H groups in total. The fourth-order valence-corrected chi connectivity index (χ4v) is 2.58. The molecule has 0 saturated heterocycles. The molecular weight excluding hydrogens is 280 g/mol. The van der Waals surface area contributed by atoms with Gasteiger partial charge < -0.3 is 4.98 Å². The molecule has 0 unspecified atom stereocenters. The molecule has 7 heteroatoms. The number of ketones is 1. The number of sulfonamides is 1. The van der Waals surface area contributed by atoms with Crippen LogP contribution >= 0.6 is 0 Å². The smallest absolute Gasteiger partial charge is 0.263 e. The van der Waals surface area contributed by atoms with E-state index in [-0.39, 0.29) is 16.2 Å². The molecule has 1 heterocycles. The second-order valence-electron chi connectivity index (χ2n) is 4.13. The molecule has 0 saturated carbocycles. The van der Waals surface area contributed by atoms with Crippen molar-refractivity contribution in [2.24, 2.45) is 0 Å². The van der Waals surface area contributed by atoms with E-state index >= 15 is 0 Å². The molecule has 20 heavy (non-hydrogen) atoms. The molecule has 6 nitrogen and oxygen atoms in total. The average Bonchev–Trinajstić information content (AvgIpc) is 2.39. The predicted molar refractivity (Wildman–Crippen MR) is 74.3 cm³/mol. The van der Waals surface area contributed by atoms with Crippen LogP contribution in [0.1, 0.15) is 17.3 Å². The zero-order valence-corrected chi connectivity index (χ0v) is 11.4. The van der Waals surface area contributed by atoms with Gasteiger partial charge in [-0.2, -0.15) is 0 Å². The number of carbonyl (C=O) groups is 1. The van der Waals surface area contributed by atoms with Crippen LogP contribution in [0.25, 0.3) is 0 Å². The number of Topliss-reactive ketones (excluding diaryl/α,β-unsaturated/α-hetero) is 1. The first-order valence-electron chi connectivity index (χ1n) is 5.71. The number of H-pyrrole nitrogens is 1. The Morgan fingerprint density at radius 2 is 1.75 bits per heavy atom. The molecular formula is C13H12N2O4S. The molecule has 1 aromatic heterocycles. The van der Waals surface area contributed by atoms with Gasteiger partial charge in [0.25, 0.3) is 10.0 Å². The number of pyridine rings is 1. The van der Waals surface area contributed by atoms with Gasteiger partial charge in [0.15, 0.2) is 5.78 Å². The van der Waals surface area contributed by atoms with Crippen molar-refractivity contribution in [1.29, 1.82) is 0 Å². The van der Waals surface area contributed by atoms with E-state index in [1.807, 2.05) is 0 Å². The van der Waals surface area contributed by atoms with Crippen molar-refractivity contribution in [2.45, 2.75) is 11.8 Å². The maximum atomic E-state index is 12.0. The summed E-state index contributed by atoms with van der Waals surface area (Å²) in [5.41, 5.74) is 0.452. The van der Waals surface area contributed by atoms with Crippen LogP contribution in [-0.4, -0.2) is 19.2 Å². The molecule has 0 fully saturated rings. The number of anilines is 1. The summed E-state index contributed by atoms with van der Waals surface area (Å²) in [6.45, 7) is 1.43. The number of hydrogen-bond donors (Lipinski definition) is 2. The van der Waals surface area contributed by atoms with E-state index in [0.717, 1.165) is 12.3 Å². The minimum atomic E-state index is -3.77. The van der Waals surface area contributed by atoms with Gasteiger partial charge in [0, 0.05) is 23.5 Å². The summed E-state index contributed by atoms with van der Waals surface area (Å²) in [6, 6.07) is 8.42. The van der Waals surface area contributed by atoms with E-state index < -0.39 is 10.0 Å². The number of hydrogen-bond acceptors (Lipinski definition) is 4. The number of benzene rings is 1. The first-order chi connectivity index (χ1) is 9.38. The third-order valence-electron chi connectivity index (χ3n) is 2.61. The van der Waals surface area contributed by atoms with Gasteiger partial charge in [0.05, 0.1) is 0 Å². The molecule has 2 aromatic rings. The highest BCUT2D eigenvalue weighted by atomic mass is 32.2. The fraction of sp³-hybridized carbons (Fsp3) is 0.0769. The molecule has 0 spiro atoms. The summed E-state index contributed by atoms with van der Waals surface area (Å²) in [5.74, 6) is -0.0972. The number of carbonyl (C=O) groups excluding carboxylic acids is 1. The van der Waals surface area contributed by atoms with Crippen molar-refractivity contribution in [1.82, 2.24) is 4.98 Å². The van der Waals surface area contributed by atoms with Crippen molar-refractivity contribution in [3.63, 3.8) is 0 Å². The normalized spacial score (nSPS) is 11.1. The van der Waals surface area contributed by atoms with E-state index in [4.69, 9.17) is 0 Å². The Balaban J connectivity index is 2.26. The molecule has 0 amide bonds. The first kappa shape index (κ1) is 14.0. The molecule has 104 valence electrons. The Morgan fingerprint density at radius 1 is 1.10 bits per heavy atom. The van der Waals surface area contributed by atoms with E-state index in [2.05, 4.69) is 9.71 Å². The summed E-state index contributed by atoms with van der Waals surface area (Å²) in [4.78, 5) is 24.3. The molecule has 0 aliphatic heterocycles. The van der Waals surface area contributed by atoms with Crippen molar-refractivity contribution in [3.8, 4) is 0 Å². The second-order valence-corrected chi connectivity index (χ2v) is 5.81. The highest BCUT2D eigenvalue weighted by Crippen LogP contribution is 2.15. The van der Waals surface area contributed by atoms with Crippen molar-refractivity contribution in [3.05, 3.63) is 58.5 Å². The van der Waals surface area contributed by atoms with E-state index in [1.165, 1.54) is 37.3 Å². The van der Waals surface area contributed by atoms with Crippen LogP contribution in [0.15, 0.2) is 52.3 Å². The lowest BCUT2D eigenvalue weighted by Gasteiger charge is -2.08. The predicted octanol–water partition coefficient (Wildman–Crippen LogP) is 1.38. The van der Waals surface area contributed by atoms with Gasteiger partial charge >= 0.3 is 0 Å². The zero-order valence-electron chi connectivity index (χ0n) is 10.6. The number of rotatable bonds is 4. The van der Waals surface area contributed by atoms with Gasteiger partial charge in [0.1, 0.15) is 4.90 Å². The monoisotopic (exact) mass is 292 g/mol. The Morgan fingerprint density at radius 3 is 2.25 bits per heavy atom. The summed E-state index contributed by atoms with van der Waals surface area (Å²) < 4.78 is 26.4.